The molecule has 2 rings (SSSR count). The fourth-order valence-corrected chi connectivity index (χ4v) is 2.34. The molecule has 0 spiro atoms. The number of esters is 1. The molecular formula is C14H14N4O4S. The minimum atomic E-state index is -0.465. The maximum absolute atomic E-state index is 11.3. The number of anilines is 1. The number of nitrogens with one attached hydrogen (secondary N) is 1. The molecule has 0 aliphatic carbocycles. The van der Waals surface area contributed by atoms with E-state index in [9.17, 15) is 14.9 Å². The number of benzene rings is 1. The van der Waals surface area contributed by atoms with Crippen LogP contribution in [0.2, 0.25) is 0 Å². The highest BCUT2D eigenvalue weighted by Gasteiger charge is 2.08. The average molecular weight is 334 g/mol. The van der Waals surface area contributed by atoms with Crippen LogP contribution in [0.15, 0.2) is 34.7 Å². The van der Waals surface area contributed by atoms with Crippen LogP contribution in [0, 0.1) is 10.1 Å². The maximum Gasteiger partial charge on any atom is 0.311 e. The highest BCUT2D eigenvalue weighted by Crippen LogP contribution is 2.16. The Morgan fingerprint density at radius 3 is 3.13 bits per heavy atom. The van der Waals surface area contributed by atoms with E-state index in [-0.39, 0.29) is 18.1 Å². The van der Waals surface area contributed by atoms with Gasteiger partial charge < -0.3 is 4.74 Å². The predicted molar refractivity (Wildman–Crippen MR) is 86.8 cm³/mol. The highest BCUT2D eigenvalue weighted by atomic mass is 32.1. The Morgan fingerprint density at radius 2 is 2.39 bits per heavy atom. The number of thiazole rings is 1. The summed E-state index contributed by atoms with van der Waals surface area (Å²) in [4.78, 5) is 25.8. The van der Waals surface area contributed by atoms with Crippen LogP contribution in [0.4, 0.5) is 10.8 Å². The second kappa shape index (κ2) is 7.99. The lowest BCUT2D eigenvalue weighted by Gasteiger charge is -1.98. The van der Waals surface area contributed by atoms with Crippen molar-refractivity contribution >= 4 is 34.3 Å². The van der Waals surface area contributed by atoms with Crippen molar-refractivity contribution in [2.75, 3.05) is 12.0 Å². The van der Waals surface area contributed by atoms with Gasteiger partial charge in [0.25, 0.3) is 5.69 Å². The summed E-state index contributed by atoms with van der Waals surface area (Å²) in [5.74, 6) is -0.329. The highest BCUT2D eigenvalue weighted by molar-refractivity contribution is 7.13. The molecule has 23 heavy (non-hydrogen) atoms. The van der Waals surface area contributed by atoms with E-state index in [0.29, 0.717) is 23.0 Å². The molecule has 2 aromatic rings. The van der Waals surface area contributed by atoms with Gasteiger partial charge in [-0.1, -0.05) is 12.1 Å². The summed E-state index contributed by atoms with van der Waals surface area (Å²) in [6.07, 6.45) is 1.57. The first-order chi connectivity index (χ1) is 11.1. The number of rotatable bonds is 7. The number of carbonyl (C=O) groups excluding carboxylic acids is 1. The number of nitrogens with zero attached hydrogens (tertiary/aromatic N) is 3. The minimum absolute atomic E-state index is 0.0000728. The Hall–Kier alpha value is -2.81. The number of ether oxygens (including phenoxy) is 1. The van der Waals surface area contributed by atoms with Crippen LogP contribution in [-0.4, -0.2) is 28.7 Å². The molecule has 1 N–H and O–H groups in total. The molecule has 0 fully saturated rings. The number of hydrogen-bond acceptors (Lipinski definition) is 8. The largest absolute Gasteiger partial charge is 0.466 e. The normalized spacial score (nSPS) is 10.7. The van der Waals surface area contributed by atoms with Gasteiger partial charge in [0.2, 0.25) is 5.13 Å². The second-order valence-corrected chi connectivity index (χ2v) is 5.21. The van der Waals surface area contributed by atoms with Crippen LogP contribution >= 0.6 is 11.3 Å². The first kappa shape index (κ1) is 16.6. The quantitative estimate of drug-likeness (QED) is 0.361. The van der Waals surface area contributed by atoms with Gasteiger partial charge >= 0.3 is 5.97 Å². The van der Waals surface area contributed by atoms with Crippen molar-refractivity contribution in [1.82, 2.24) is 4.98 Å². The van der Waals surface area contributed by atoms with Crippen LogP contribution in [0.25, 0.3) is 0 Å². The lowest BCUT2D eigenvalue weighted by atomic mass is 10.2. The first-order valence-electron chi connectivity index (χ1n) is 6.72. The Bertz CT molecular complexity index is 729. The van der Waals surface area contributed by atoms with E-state index in [1.807, 2.05) is 0 Å². The Labute approximate surface area is 136 Å². The molecule has 0 radical (unpaired) electrons. The van der Waals surface area contributed by atoms with Crippen LogP contribution in [0.5, 0.6) is 0 Å². The van der Waals surface area contributed by atoms with Gasteiger partial charge in [0, 0.05) is 23.1 Å². The molecule has 9 heteroatoms. The Balaban J connectivity index is 1.93. The summed E-state index contributed by atoms with van der Waals surface area (Å²) in [5, 5.41) is 16.9. The standard InChI is InChI=1S/C14H14N4O4S/c1-2-22-13(19)7-11-9-23-14(16-11)17-15-8-10-4-3-5-12(6-10)18(20)21/h3-6,8-9H,2,7H2,1H3,(H,16,17)/b15-8-. The molecule has 1 aromatic carbocycles. The van der Waals surface area contributed by atoms with Gasteiger partial charge in [-0.3, -0.25) is 20.3 Å². The number of nitro benzene ring substituents is 1. The van der Waals surface area contributed by atoms with Gasteiger partial charge in [0.05, 0.1) is 29.9 Å². The second-order valence-electron chi connectivity index (χ2n) is 4.35. The molecule has 0 amide bonds. The molecule has 0 unspecified atom stereocenters. The van der Waals surface area contributed by atoms with Crippen molar-refractivity contribution in [3.63, 3.8) is 0 Å². The van der Waals surface area contributed by atoms with Crippen molar-refractivity contribution in [3.8, 4) is 0 Å². The number of nitro groups is 1. The van der Waals surface area contributed by atoms with Crippen LogP contribution < -0.4 is 5.43 Å². The lowest BCUT2D eigenvalue weighted by molar-refractivity contribution is -0.384. The third kappa shape index (κ3) is 5.15. The zero-order valence-electron chi connectivity index (χ0n) is 12.3. The summed E-state index contributed by atoms with van der Waals surface area (Å²) in [7, 11) is 0. The van der Waals surface area contributed by atoms with Crippen molar-refractivity contribution in [2.45, 2.75) is 13.3 Å². The van der Waals surface area contributed by atoms with Gasteiger partial charge in [-0.15, -0.1) is 11.3 Å². The Kier molecular flexibility index (Phi) is 5.75. The van der Waals surface area contributed by atoms with E-state index in [1.165, 1.54) is 29.7 Å². The third-order valence-corrected chi connectivity index (χ3v) is 3.43. The van der Waals surface area contributed by atoms with Crippen LogP contribution in [0.1, 0.15) is 18.2 Å². The summed E-state index contributed by atoms with van der Waals surface area (Å²) in [5.41, 5.74) is 3.91. The topological polar surface area (TPSA) is 107 Å². The van der Waals surface area contributed by atoms with Crippen molar-refractivity contribution in [2.24, 2.45) is 5.10 Å². The van der Waals surface area contributed by atoms with E-state index in [1.54, 1.807) is 24.4 Å². The molecule has 1 aromatic heterocycles. The van der Waals surface area contributed by atoms with Gasteiger partial charge in [-0.25, -0.2) is 4.98 Å². The van der Waals surface area contributed by atoms with E-state index < -0.39 is 4.92 Å². The monoisotopic (exact) mass is 334 g/mol. The molecule has 0 bridgehead atoms. The van der Waals surface area contributed by atoms with Crippen LogP contribution in [0.3, 0.4) is 0 Å². The molecule has 8 nitrogen and oxygen atoms in total. The molecular weight excluding hydrogens is 320 g/mol. The minimum Gasteiger partial charge on any atom is -0.466 e. The number of non-ortho nitro benzene ring substituents is 1. The zero-order chi connectivity index (χ0) is 16.7. The number of carbonyl (C=O) groups is 1. The lowest BCUT2D eigenvalue weighted by Crippen LogP contribution is -2.07. The molecule has 0 saturated heterocycles. The van der Waals surface area contributed by atoms with Crippen molar-refractivity contribution < 1.29 is 14.5 Å². The number of aromatic nitrogens is 1. The maximum atomic E-state index is 11.3. The van der Waals surface area contributed by atoms with Gasteiger partial charge in [0.1, 0.15) is 0 Å². The van der Waals surface area contributed by atoms with Crippen molar-refractivity contribution in [3.05, 3.63) is 51.0 Å². The molecule has 0 atom stereocenters. The molecule has 0 aliphatic heterocycles. The zero-order valence-corrected chi connectivity index (χ0v) is 13.1. The van der Waals surface area contributed by atoms with E-state index in [4.69, 9.17) is 4.74 Å². The smallest absolute Gasteiger partial charge is 0.311 e. The molecule has 1 heterocycles. The molecule has 0 saturated carbocycles. The van der Waals surface area contributed by atoms with Gasteiger partial charge in [0.15, 0.2) is 0 Å². The van der Waals surface area contributed by atoms with Gasteiger partial charge in [-0.05, 0) is 6.92 Å². The van der Waals surface area contributed by atoms with Crippen LogP contribution in [-0.2, 0) is 16.0 Å². The summed E-state index contributed by atoms with van der Waals surface area (Å²) in [6.45, 7) is 2.08. The predicted octanol–water partition coefficient (Wildman–Crippen LogP) is 2.60. The van der Waals surface area contributed by atoms with E-state index in [0.717, 1.165) is 0 Å². The molecule has 120 valence electrons. The summed E-state index contributed by atoms with van der Waals surface area (Å²) < 4.78 is 4.85. The summed E-state index contributed by atoms with van der Waals surface area (Å²) in [6, 6.07) is 6.11. The summed E-state index contributed by atoms with van der Waals surface area (Å²) >= 11 is 1.30. The van der Waals surface area contributed by atoms with Crippen molar-refractivity contribution in [1.29, 1.82) is 0 Å². The van der Waals surface area contributed by atoms with Gasteiger partial charge in [-0.2, -0.15) is 5.10 Å². The SMILES string of the molecule is CCOC(=O)Cc1csc(N/N=C\c2cccc([N+](=O)[O-])c2)n1. The van der Waals surface area contributed by atoms with E-state index >= 15 is 0 Å². The third-order valence-electron chi connectivity index (χ3n) is 2.64. The Morgan fingerprint density at radius 1 is 1.57 bits per heavy atom. The fraction of sp³-hybridized carbons (Fsp3) is 0.214. The van der Waals surface area contributed by atoms with E-state index in [2.05, 4.69) is 15.5 Å². The first-order valence-corrected chi connectivity index (χ1v) is 7.60. The molecule has 0 aliphatic rings. The fourth-order valence-electron chi connectivity index (χ4n) is 1.68. The number of hydrogen-bond donors (Lipinski definition) is 1. The number of hydrazone groups is 1. The average Bonchev–Trinajstić information content (AvgIpc) is 2.95.